The molecule has 2 aromatic carbocycles. The van der Waals surface area contributed by atoms with E-state index in [0.717, 1.165) is 18.4 Å². The minimum atomic E-state index is -0.134. The molecule has 0 bridgehead atoms. The SMILES string of the molecule is O=C(NCC1CC1c1ccccc1)NC(CCCO)c1ccccc1. The lowest BCUT2D eigenvalue weighted by atomic mass is 10.0. The van der Waals surface area contributed by atoms with Gasteiger partial charge in [0.25, 0.3) is 0 Å². The van der Waals surface area contributed by atoms with Crippen molar-refractivity contribution in [3.63, 3.8) is 0 Å². The molecule has 1 aliphatic rings. The normalized spacial score (nSPS) is 19.9. The third-order valence-corrected chi connectivity index (χ3v) is 4.83. The fraction of sp³-hybridized carbons (Fsp3) is 0.381. The van der Waals surface area contributed by atoms with Crippen LogP contribution in [0.3, 0.4) is 0 Å². The zero-order valence-electron chi connectivity index (χ0n) is 14.4. The molecule has 1 saturated carbocycles. The Morgan fingerprint density at radius 3 is 2.44 bits per heavy atom. The van der Waals surface area contributed by atoms with E-state index in [4.69, 9.17) is 5.11 Å². The number of carbonyl (C=O) groups is 1. The van der Waals surface area contributed by atoms with Gasteiger partial charge in [0.05, 0.1) is 6.04 Å². The van der Waals surface area contributed by atoms with Crippen LogP contribution in [0.15, 0.2) is 60.7 Å². The van der Waals surface area contributed by atoms with Crippen LogP contribution in [-0.4, -0.2) is 24.3 Å². The molecule has 0 spiro atoms. The summed E-state index contributed by atoms with van der Waals surface area (Å²) in [5.74, 6) is 1.10. The van der Waals surface area contributed by atoms with Gasteiger partial charge in [0.15, 0.2) is 0 Å². The van der Waals surface area contributed by atoms with E-state index in [9.17, 15) is 4.79 Å². The van der Waals surface area contributed by atoms with E-state index >= 15 is 0 Å². The fourth-order valence-electron chi connectivity index (χ4n) is 3.32. The number of benzene rings is 2. The number of amides is 2. The van der Waals surface area contributed by atoms with Gasteiger partial charge in [-0.25, -0.2) is 4.79 Å². The lowest BCUT2D eigenvalue weighted by molar-refractivity contribution is 0.232. The maximum absolute atomic E-state index is 12.3. The molecule has 3 N–H and O–H groups in total. The van der Waals surface area contributed by atoms with Gasteiger partial charge in [0.2, 0.25) is 0 Å². The maximum Gasteiger partial charge on any atom is 0.315 e. The molecule has 4 nitrogen and oxygen atoms in total. The van der Waals surface area contributed by atoms with Crippen molar-refractivity contribution in [3.8, 4) is 0 Å². The van der Waals surface area contributed by atoms with Gasteiger partial charge in [-0.15, -0.1) is 0 Å². The van der Waals surface area contributed by atoms with Crippen LogP contribution in [0.1, 0.15) is 42.3 Å². The van der Waals surface area contributed by atoms with E-state index < -0.39 is 0 Å². The van der Waals surface area contributed by atoms with E-state index in [1.54, 1.807) is 0 Å². The summed E-state index contributed by atoms with van der Waals surface area (Å²) in [5.41, 5.74) is 2.43. The number of nitrogens with one attached hydrogen (secondary N) is 2. The number of aliphatic hydroxyl groups excluding tert-OH is 1. The first-order valence-electron chi connectivity index (χ1n) is 9.03. The Labute approximate surface area is 149 Å². The molecule has 1 aliphatic carbocycles. The van der Waals surface area contributed by atoms with Crippen LogP contribution < -0.4 is 10.6 Å². The minimum absolute atomic E-state index is 0.0718. The predicted molar refractivity (Wildman–Crippen MR) is 99.3 cm³/mol. The van der Waals surface area contributed by atoms with Gasteiger partial charge in [-0.1, -0.05) is 60.7 Å². The summed E-state index contributed by atoms with van der Waals surface area (Å²) < 4.78 is 0. The van der Waals surface area contributed by atoms with Crippen molar-refractivity contribution >= 4 is 6.03 Å². The first-order valence-corrected chi connectivity index (χ1v) is 9.03. The van der Waals surface area contributed by atoms with Gasteiger partial charge in [0.1, 0.15) is 0 Å². The number of rotatable bonds is 8. The van der Waals surface area contributed by atoms with Crippen molar-refractivity contribution in [1.82, 2.24) is 10.6 Å². The van der Waals surface area contributed by atoms with Crippen LogP contribution >= 0.6 is 0 Å². The van der Waals surface area contributed by atoms with Crippen LogP contribution in [0.2, 0.25) is 0 Å². The zero-order chi connectivity index (χ0) is 17.5. The molecule has 0 aliphatic heterocycles. The van der Waals surface area contributed by atoms with Gasteiger partial charge in [0, 0.05) is 13.2 Å². The molecule has 1 fully saturated rings. The Morgan fingerprint density at radius 1 is 1.08 bits per heavy atom. The van der Waals surface area contributed by atoms with Crippen molar-refractivity contribution in [2.24, 2.45) is 5.92 Å². The maximum atomic E-state index is 12.3. The van der Waals surface area contributed by atoms with Crippen molar-refractivity contribution in [1.29, 1.82) is 0 Å². The van der Waals surface area contributed by atoms with Gasteiger partial charge in [-0.2, -0.15) is 0 Å². The lowest BCUT2D eigenvalue weighted by Gasteiger charge is -2.19. The first kappa shape index (κ1) is 17.5. The highest BCUT2D eigenvalue weighted by Gasteiger charge is 2.38. The molecule has 0 radical (unpaired) electrons. The summed E-state index contributed by atoms with van der Waals surface area (Å²) in [5, 5.41) is 15.1. The molecule has 2 aromatic rings. The van der Waals surface area contributed by atoms with E-state index in [1.165, 1.54) is 5.56 Å². The molecule has 2 amide bonds. The van der Waals surface area contributed by atoms with E-state index in [0.29, 0.717) is 24.8 Å². The average Bonchev–Trinajstić information content (AvgIpc) is 3.44. The predicted octanol–water partition coefficient (Wildman–Crippen LogP) is 3.60. The highest BCUT2D eigenvalue weighted by molar-refractivity contribution is 5.74. The number of urea groups is 1. The Kier molecular flexibility index (Phi) is 6.07. The number of hydrogen-bond acceptors (Lipinski definition) is 2. The molecule has 132 valence electrons. The monoisotopic (exact) mass is 338 g/mol. The van der Waals surface area contributed by atoms with Crippen molar-refractivity contribution in [3.05, 3.63) is 71.8 Å². The topological polar surface area (TPSA) is 61.4 Å². The first-order chi connectivity index (χ1) is 12.3. The number of carbonyl (C=O) groups excluding carboxylic acids is 1. The molecule has 3 unspecified atom stereocenters. The van der Waals surface area contributed by atoms with Crippen LogP contribution in [0.4, 0.5) is 4.79 Å². The standard InChI is InChI=1S/C21H26N2O2/c24-13-7-12-20(17-10-5-2-6-11-17)23-21(25)22-15-18-14-19(18)16-8-3-1-4-9-16/h1-6,8-11,18-20,24H,7,12-15H2,(H2,22,23,25). The lowest BCUT2D eigenvalue weighted by Crippen LogP contribution is -2.39. The Bertz CT molecular complexity index is 660. The van der Waals surface area contributed by atoms with Crippen LogP contribution in [0.5, 0.6) is 0 Å². The Morgan fingerprint density at radius 2 is 1.76 bits per heavy atom. The molecule has 3 rings (SSSR count). The van der Waals surface area contributed by atoms with Crippen molar-refractivity contribution in [2.45, 2.75) is 31.2 Å². The number of hydrogen-bond donors (Lipinski definition) is 3. The molecular weight excluding hydrogens is 312 g/mol. The van der Waals surface area contributed by atoms with Crippen LogP contribution in [-0.2, 0) is 0 Å². The van der Waals surface area contributed by atoms with Crippen molar-refractivity contribution < 1.29 is 9.90 Å². The third kappa shape index (κ3) is 5.07. The van der Waals surface area contributed by atoms with Crippen molar-refractivity contribution in [2.75, 3.05) is 13.2 Å². The second-order valence-corrected chi connectivity index (χ2v) is 6.70. The number of aliphatic hydroxyl groups is 1. The summed E-state index contributed by atoms with van der Waals surface area (Å²) in [6.07, 6.45) is 2.53. The Balaban J connectivity index is 1.47. The molecule has 0 heterocycles. The van der Waals surface area contributed by atoms with E-state index in [2.05, 4.69) is 34.9 Å². The minimum Gasteiger partial charge on any atom is -0.396 e. The molecule has 4 heteroatoms. The molecule has 25 heavy (non-hydrogen) atoms. The van der Waals surface area contributed by atoms with E-state index in [-0.39, 0.29) is 18.7 Å². The van der Waals surface area contributed by atoms with Crippen LogP contribution in [0, 0.1) is 5.92 Å². The largest absolute Gasteiger partial charge is 0.396 e. The average molecular weight is 338 g/mol. The fourth-order valence-corrected chi connectivity index (χ4v) is 3.32. The van der Waals surface area contributed by atoms with Gasteiger partial charge in [-0.05, 0) is 42.2 Å². The summed E-state index contributed by atoms with van der Waals surface area (Å²) in [4.78, 5) is 12.3. The molecule has 0 aromatic heterocycles. The molecular formula is C21H26N2O2. The molecule has 0 saturated heterocycles. The van der Waals surface area contributed by atoms with E-state index in [1.807, 2.05) is 36.4 Å². The smallest absolute Gasteiger partial charge is 0.315 e. The van der Waals surface area contributed by atoms with Crippen LogP contribution in [0.25, 0.3) is 0 Å². The highest BCUT2D eigenvalue weighted by Crippen LogP contribution is 2.46. The highest BCUT2D eigenvalue weighted by atomic mass is 16.3. The third-order valence-electron chi connectivity index (χ3n) is 4.83. The molecule has 3 atom stereocenters. The summed E-state index contributed by atoms with van der Waals surface area (Å²) in [6.45, 7) is 0.834. The summed E-state index contributed by atoms with van der Waals surface area (Å²) in [7, 11) is 0. The second-order valence-electron chi connectivity index (χ2n) is 6.70. The summed E-state index contributed by atoms with van der Waals surface area (Å²) >= 11 is 0. The van der Waals surface area contributed by atoms with Gasteiger partial charge >= 0.3 is 6.03 Å². The second kappa shape index (κ2) is 8.67. The zero-order valence-corrected chi connectivity index (χ0v) is 14.4. The quantitative estimate of drug-likeness (QED) is 0.689. The van der Waals surface area contributed by atoms with Gasteiger partial charge in [-0.3, -0.25) is 0 Å². The van der Waals surface area contributed by atoms with Gasteiger partial charge < -0.3 is 15.7 Å². The summed E-state index contributed by atoms with van der Waals surface area (Å²) in [6, 6.07) is 20.2. The Hall–Kier alpha value is -2.33.